The third-order valence-electron chi connectivity index (χ3n) is 2.91. The highest BCUT2D eigenvalue weighted by atomic mass is 16.5. The van der Waals surface area contributed by atoms with Crippen molar-refractivity contribution in [2.24, 2.45) is 11.7 Å². The number of benzene rings is 1. The highest BCUT2D eigenvalue weighted by molar-refractivity contribution is 6.00. The highest BCUT2D eigenvalue weighted by Crippen LogP contribution is 2.24. The average Bonchev–Trinajstić information content (AvgIpc) is 2.34. The first-order valence-electron chi connectivity index (χ1n) is 5.99. The molecule has 2 N–H and O–H groups in total. The third kappa shape index (κ3) is 3.56. The second-order valence-corrected chi connectivity index (χ2v) is 4.40. The minimum absolute atomic E-state index is 0.00532. The zero-order valence-electron chi connectivity index (χ0n) is 10.8. The van der Waals surface area contributed by atoms with Gasteiger partial charge in [-0.3, -0.25) is 4.79 Å². The second kappa shape index (κ2) is 6.40. The Bertz CT molecular complexity index is 388. The van der Waals surface area contributed by atoms with Gasteiger partial charge in [-0.15, -0.1) is 0 Å². The number of nitrogens with two attached hydrogens (primary N) is 1. The van der Waals surface area contributed by atoms with Gasteiger partial charge in [-0.25, -0.2) is 0 Å². The first-order chi connectivity index (χ1) is 8.10. The van der Waals surface area contributed by atoms with Crippen LogP contribution in [0.3, 0.4) is 0 Å². The lowest BCUT2D eigenvalue weighted by Gasteiger charge is -2.13. The molecule has 3 nitrogen and oxygen atoms in total. The zero-order valence-corrected chi connectivity index (χ0v) is 10.8. The monoisotopic (exact) mass is 235 g/mol. The predicted molar refractivity (Wildman–Crippen MR) is 69.5 cm³/mol. The van der Waals surface area contributed by atoms with E-state index < -0.39 is 0 Å². The Morgan fingerprint density at radius 2 is 2.18 bits per heavy atom. The standard InChI is InChI=1S/C14H21NO2/c1-10-6-7-13(17-3)12(9-10)14(16)11(2)5-4-8-15/h6-7,9,11H,4-5,8,15H2,1-3H3. The molecule has 0 saturated heterocycles. The van der Waals surface area contributed by atoms with Crippen LogP contribution in [0.25, 0.3) is 0 Å². The van der Waals surface area contributed by atoms with Crippen molar-refractivity contribution in [2.75, 3.05) is 13.7 Å². The van der Waals surface area contributed by atoms with Crippen LogP contribution in [0.1, 0.15) is 35.7 Å². The van der Waals surface area contributed by atoms with Gasteiger partial charge in [0.05, 0.1) is 12.7 Å². The van der Waals surface area contributed by atoms with Crippen LogP contribution in [0.5, 0.6) is 5.75 Å². The number of carbonyl (C=O) groups is 1. The molecule has 0 bridgehead atoms. The van der Waals surface area contributed by atoms with E-state index in [4.69, 9.17) is 10.5 Å². The smallest absolute Gasteiger partial charge is 0.169 e. The maximum absolute atomic E-state index is 12.3. The van der Waals surface area contributed by atoms with Gasteiger partial charge >= 0.3 is 0 Å². The quantitative estimate of drug-likeness (QED) is 0.771. The van der Waals surface area contributed by atoms with Crippen molar-refractivity contribution in [3.8, 4) is 5.75 Å². The van der Waals surface area contributed by atoms with Gasteiger partial charge in [0.15, 0.2) is 5.78 Å². The molecule has 1 rings (SSSR count). The van der Waals surface area contributed by atoms with E-state index in [1.807, 2.05) is 32.0 Å². The van der Waals surface area contributed by atoms with Crippen molar-refractivity contribution >= 4 is 5.78 Å². The number of ketones is 1. The summed E-state index contributed by atoms with van der Waals surface area (Å²) in [7, 11) is 1.59. The summed E-state index contributed by atoms with van der Waals surface area (Å²) in [5.74, 6) is 0.786. The van der Waals surface area contributed by atoms with Crippen LogP contribution in [0.15, 0.2) is 18.2 Å². The molecule has 0 aliphatic carbocycles. The van der Waals surface area contributed by atoms with E-state index in [9.17, 15) is 4.79 Å². The number of hydrogen-bond donors (Lipinski definition) is 1. The van der Waals surface area contributed by atoms with Gasteiger partial charge in [-0.2, -0.15) is 0 Å². The minimum Gasteiger partial charge on any atom is -0.496 e. The summed E-state index contributed by atoms with van der Waals surface area (Å²) in [6.07, 6.45) is 1.70. The zero-order chi connectivity index (χ0) is 12.8. The van der Waals surface area contributed by atoms with Gasteiger partial charge in [0.2, 0.25) is 0 Å². The second-order valence-electron chi connectivity index (χ2n) is 4.40. The molecule has 1 aromatic rings. The van der Waals surface area contributed by atoms with Crippen LogP contribution in [-0.2, 0) is 0 Å². The molecule has 1 atom stereocenters. The van der Waals surface area contributed by atoms with Crippen molar-refractivity contribution in [3.05, 3.63) is 29.3 Å². The molecule has 0 fully saturated rings. The maximum atomic E-state index is 12.3. The molecule has 17 heavy (non-hydrogen) atoms. The van der Waals surface area contributed by atoms with Crippen LogP contribution in [-0.4, -0.2) is 19.4 Å². The molecule has 0 spiro atoms. The maximum Gasteiger partial charge on any atom is 0.169 e. The summed E-state index contributed by atoms with van der Waals surface area (Å²) in [4.78, 5) is 12.3. The van der Waals surface area contributed by atoms with Gasteiger partial charge in [-0.05, 0) is 38.4 Å². The SMILES string of the molecule is COc1ccc(C)cc1C(=O)C(C)CCCN. The Balaban J connectivity index is 2.90. The molecule has 3 heteroatoms. The number of rotatable bonds is 6. The van der Waals surface area contributed by atoms with Gasteiger partial charge < -0.3 is 10.5 Å². The normalized spacial score (nSPS) is 12.2. The minimum atomic E-state index is -0.00532. The Morgan fingerprint density at radius 3 is 2.76 bits per heavy atom. The Labute approximate surface area is 103 Å². The molecule has 1 aromatic carbocycles. The number of carbonyl (C=O) groups excluding carboxylic acids is 1. The van der Waals surface area contributed by atoms with Gasteiger partial charge in [-0.1, -0.05) is 18.6 Å². The summed E-state index contributed by atoms with van der Waals surface area (Å²) in [5.41, 5.74) is 7.21. The summed E-state index contributed by atoms with van der Waals surface area (Å²) in [6.45, 7) is 4.54. The van der Waals surface area contributed by atoms with Crippen LogP contribution >= 0.6 is 0 Å². The molecule has 0 amide bonds. The third-order valence-corrected chi connectivity index (χ3v) is 2.91. The van der Waals surface area contributed by atoms with E-state index in [2.05, 4.69) is 0 Å². The number of methoxy groups -OCH3 is 1. The number of Topliss-reactive ketones (excluding diaryl/α,β-unsaturated/α-hetero) is 1. The molecule has 94 valence electrons. The van der Waals surface area contributed by atoms with E-state index in [1.165, 1.54) is 0 Å². The largest absolute Gasteiger partial charge is 0.496 e. The van der Waals surface area contributed by atoms with E-state index in [1.54, 1.807) is 7.11 Å². The van der Waals surface area contributed by atoms with Crippen molar-refractivity contribution in [1.82, 2.24) is 0 Å². The Morgan fingerprint density at radius 1 is 1.47 bits per heavy atom. The first-order valence-corrected chi connectivity index (χ1v) is 5.99. The van der Waals surface area contributed by atoms with Crippen LogP contribution in [0.2, 0.25) is 0 Å². The van der Waals surface area contributed by atoms with Gasteiger partial charge in [0.25, 0.3) is 0 Å². The Hall–Kier alpha value is -1.35. The summed E-state index contributed by atoms with van der Waals surface area (Å²) >= 11 is 0. The molecule has 0 radical (unpaired) electrons. The molecule has 0 saturated carbocycles. The van der Waals surface area contributed by atoms with Crippen molar-refractivity contribution < 1.29 is 9.53 Å². The van der Waals surface area contributed by atoms with E-state index in [0.29, 0.717) is 17.9 Å². The topological polar surface area (TPSA) is 52.3 Å². The van der Waals surface area contributed by atoms with Gasteiger partial charge in [0, 0.05) is 5.92 Å². The summed E-state index contributed by atoms with van der Waals surface area (Å²) < 4.78 is 5.23. The van der Waals surface area contributed by atoms with E-state index in [0.717, 1.165) is 18.4 Å². The molecule has 0 heterocycles. The fourth-order valence-corrected chi connectivity index (χ4v) is 1.83. The number of hydrogen-bond acceptors (Lipinski definition) is 3. The predicted octanol–water partition coefficient (Wildman–Crippen LogP) is 2.56. The molecule has 1 unspecified atom stereocenters. The van der Waals surface area contributed by atoms with Crippen LogP contribution in [0, 0.1) is 12.8 Å². The fourth-order valence-electron chi connectivity index (χ4n) is 1.83. The summed E-state index contributed by atoms with van der Waals surface area (Å²) in [6, 6.07) is 5.68. The van der Waals surface area contributed by atoms with Crippen LogP contribution in [0.4, 0.5) is 0 Å². The van der Waals surface area contributed by atoms with Crippen LogP contribution < -0.4 is 10.5 Å². The average molecular weight is 235 g/mol. The van der Waals surface area contributed by atoms with E-state index in [-0.39, 0.29) is 11.7 Å². The lowest BCUT2D eigenvalue weighted by atomic mass is 9.93. The first kappa shape index (κ1) is 13.7. The van der Waals surface area contributed by atoms with Crippen molar-refractivity contribution in [2.45, 2.75) is 26.7 Å². The molecule has 0 aromatic heterocycles. The van der Waals surface area contributed by atoms with Gasteiger partial charge in [0.1, 0.15) is 5.75 Å². The van der Waals surface area contributed by atoms with E-state index >= 15 is 0 Å². The highest BCUT2D eigenvalue weighted by Gasteiger charge is 2.18. The molecule has 0 aliphatic rings. The van der Waals surface area contributed by atoms with Crippen molar-refractivity contribution in [1.29, 1.82) is 0 Å². The lowest BCUT2D eigenvalue weighted by Crippen LogP contribution is -2.14. The Kier molecular flexibility index (Phi) is 5.16. The fraction of sp³-hybridized carbons (Fsp3) is 0.500. The molecular formula is C14H21NO2. The lowest BCUT2D eigenvalue weighted by molar-refractivity contribution is 0.0920. The number of ether oxygens (including phenoxy) is 1. The molecular weight excluding hydrogens is 214 g/mol. The van der Waals surface area contributed by atoms with Crippen molar-refractivity contribution in [3.63, 3.8) is 0 Å². The summed E-state index contributed by atoms with van der Waals surface area (Å²) in [5, 5.41) is 0. The molecule has 0 aliphatic heterocycles. The number of aryl methyl sites for hydroxylation is 1.